The summed E-state index contributed by atoms with van der Waals surface area (Å²) < 4.78 is 73.1. The van der Waals surface area contributed by atoms with Gasteiger partial charge in [0.1, 0.15) is 29.8 Å². The van der Waals surface area contributed by atoms with E-state index in [9.17, 15) is 22.4 Å². The summed E-state index contributed by atoms with van der Waals surface area (Å²) in [4.78, 5) is 17.2. The summed E-state index contributed by atoms with van der Waals surface area (Å²) in [6.07, 6.45) is -2.62. The number of aromatic nitrogens is 1. The first kappa shape index (κ1) is 26.7. The van der Waals surface area contributed by atoms with E-state index in [0.717, 1.165) is 12.8 Å². The van der Waals surface area contributed by atoms with Crippen molar-refractivity contribution in [1.29, 1.82) is 0 Å². The van der Waals surface area contributed by atoms with Crippen LogP contribution in [0, 0.1) is 5.82 Å². The minimum absolute atomic E-state index is 0.0143. The first-order valence-corrected chi connectivity index (χ1v) is 12.5. The Kier molecular flexibility index (Phi) is 7.60. The molecule has 2 N–H and O–H groups in total. The molecule has 1 aromatic heterocycles. The molecule has 1 unspecified atom stereocenters. The van der Waals surface area contributed by atoms with Crippen molar-refractivity contribution in [1.82, 2.24) is 10.3 Å². The third kappa shape index (κ3) is 6.25. The van der Waals surface area contributed by atoms with Crippen molar-refractivity contribution in [2.75, 3.05) is 26.4 Å². The molecule has 7 nitrogen and oxygen atoms in total. The zero-order valence-electron chi connectivity index (χ0n) is 20.8. The van der Waals surface area contributed by atoms with Crippen molar-refractivity contribution >= 4 is 5.91 Å². The molecule has 1 aliphatic heterocycles. The summed E-state index contributed by atoms with van der Waals surface area (Å²) in [6.45, 7) is -0.640. The van der Waals surface area contributed by atoms with E-state index in [1.54, 1.807) is 0 Å². The molecule has 1 amide bonds. The highest BCUT2D eigenvalue weighted by Crippen LogP contribution is 2.41. The van der Waals surface area contributed by atoms with Gasteiger partial charge in [0.25, 0.3) is 5.91 Å². The lowest BCUT2D eigenvalue weighted by Gasteiger charge is -2.22. The van der Waals surface area contributed by atoms with Gasteiger partial charge < -0.3 is 24.6 Å². The van der Waals surface area contributed by atoms with Crippen molar-refractivity contribution < 1.29 is 41.7 Å². The third-order valence-corrected chi connectivity index (χ3v) is 6.40. The van der Waals surface area contributed by atoms with Crippen molar-refractivity contribution in [2.45, 2.75) is 37.5 Å². The molecule has 5 rings (SSSR count). The number of alkyl halides is 3. The Morgan fingerprint density at radius 1 is 1.13 bits per heavy atom. The molecule has 1 saturated carbocycles. The van der Waals surface area contributed by atoms with Crippen LogP contribution < -0.4 is 19.5 Å². The highest BCUT2D eigenvalue weighted by molar-refractivity contribution is 5.95. The van der Waals surface area contributed by atoms with Crippen LogP contribution in [0.2, 0.25) is 0 Å². The average Bonchev–Trinajstić information content (AvgIpc) is 3.59. The zero-order chi connectivity index (χ0) is 27.6. The molecule has 11 heteroatoms. The predicted octanol–water partition coefficient (Wildman–Crippen LogP) is 4.81. The fourth-order valence-electron chi connectivity index (χ4n) is 4.27. The molecule has 206 valence electrons. The number of nitrogens with zero attached hydrogens (tertiary/aromatic N) is 1. The number of hydrogen-bond acceptors (Lipinski definition) is 6. The summed E-state index contributed by atoms with van der Waals surface area (Å²) in [5.74, 6) is -2.31. The van der Waals surface area contributed by atoms with Crippen LogP contribution in [0.4, 0.5) is 17.6 Å². The van der Waals surface area contributed by atoms with Gasteiger partial charge in [-0.25, -0.2) is 9.37 Å². The summed E-state index contributed by atoms with van der Waals surface area (Å²) in [7, 11) is 0. The Balaban J connectivity index is 1.39. The maximum absolute atomic E-state index is 14.3. The van der Waals surface area contributed by atoms with E-state index >= 15 is 0 Å². The number of ether oxygens (including phenoxy) is 3. The zero-order valence-corrected chi connectivity index (χ0v) is 20.8. The van der Waals surface area contributed by atoms with E-state index in [2.05, 4.69) is 10.3 Å². The molecule has 0 spiro atoms. The second-order valence-corrected chi connectivity index (χ2v) is 9.34. The molecule has 2 heterocycles. The Bertz CT molecular complexity index is 1340. The van der Waals surface area contributed by atoms with Gasteiger partial charge in [-0.15, -0.1) is 0 Å². The lowest BCUT2D eigenvalue weighted by Crippen LogP contribution is -2.35. The molecule has 1 atom stereocenters. The molecule has 39 heavy (non-hydrogen) atoms. The number of aliphatic hydroxyl groups is 1. The van der Waals surface area contributed by atoms with Crippen LogP contribution in [0.25, 0.3) is 11.3 Å². The normalized spacial score (nSPS) is 15.3. The number of aliphatic hydroxyl groups excluding tert-OH is 1. The van der Waals surface area contributed by atoms with Crippen LogP contribution in [0.1, 0.15) is 40.4 Å². The number of carbonyl (C=O) groups is 1. The molecule has 0 saturated heterocycles. The van der Waals surface area contributed by atoms with E-state index in [1.807, 2.05) is 0 Å². The van der Waals surface area contributed by atoms with Crippen LogP contribution in [0.3, 0.4) is 0 Å². The summed E-state index contributed by atoms with van der Waals surface area (Å²) in [5, 5.41) is 11.4. The number of nitrogens with one attached hydrogen (secondary N) is 1. The van der Waals surface area contributed by atoms with Gasteiger partial charge in [-0.1, -0.05) is 0 Å². The van der Waals surface area contributed by atoms with E-state index < -0.39 is 30.4 Å². The standard InChI is InChI=1S/C28H26F4N2O5/c29-19-4-1-16(2-5-19)25-26-17(9-11-38-26)13-22(34-25)21(28(30,31)32)15-33-27(36)18-3-8-23(37-12-10-35)24(14-18)39-20-6-7-20/h1-5,8,13-14,20-21,35H,6-7,9-12,15H2,(H,33,36). The van der Waals surface area contributed by atoms with Crippen LogP contribution >= 0.6 is 0 Å². The van der Waals surface area contributed by atoms with Crippen molar-refractivity contribution in [3.8, 4) is 28.5 Å². The number of rotatable bonds is 10. The first-order valence-electron chi connectivity index (χ1n) is 12.5. The Hall–Kier alpha value is -3.86. The van der Waals surface area contributed by atoms with Crippen molar-refractivity contribution in [3.05, 3.63) is 71.2 Å². The largest absolute Gasteiger partial charge is 0.491 e. The van der Waals surface area contributed by atoms with Gasteiger partial charge in [0.05, 0.1) is 25.0 Å². The Morgan fingerprint density at radius 3 is 2.59 bits per heavy atom. The summed E-state index contributed by atoms with van der Waals surface area (Å²) in [5.41, 5.74) is 1.02. The number of hydrogen-bond donors (Lipinski definition) is 2. The molecule has 2 aromatic carbocycles. The number of benzene rings is 2. The van der Waals surface area contributed by atoms with Gasteiger partial charge in [-0.2, -0.15) is 13.2 Å². The maximum Gasteiger partial charge on any atom is 0.398 e. The maximum atomic E-state index is 14.3. The summed E-state index contributed by atoms with van der Waals surface area (Å²) in [6, 6.07) is 10.9. The van der Waals surface area contributed by atoms with Crippen molar-refractivity contribution in [2.24, 2.45) is 0 Å². The lowest BCUT2D eigenvalue weighted by atomic mass is 9.98. The first-order chi connectivity index (χ1) is 18.7. The minimum atomic E-state index is -4.71. The molecule has 1 fully saturated rings. The number of pyridine rings is 1. The highest BCUT2D eigenvalue weighted by atomic mass is 19.4. The van der Waals surface area contributed by atoms with Crippen LogP contribution in [-0.2, 0) is 6.42 Å². The predicted molar refractivity (Wildman–Crippen MR) is 133 cm³/mol. The van der Waals surface area contributed by atoms with Crippen LogP contribution in [0.15, 0.2) is 48.5 Å². The highest BCUT2D eigenvalue weighted by Gasteiger charge is 2.43. The van der Waals surface area contributed by atoms with E-state index in [-0.39, 0.29) is 42.0 Å². The fraction of sp³-hybridized carbons (Fsp3) is 0.357. The topological polar surface area (TPSA) is 89.9 Å². The van der Waals surface area contributed by atoms with Crippen LogP contribution in [0.5, 0.6) is 17.2 Å². The van der Waals surface area contributed by atoms with E-state index in [1.165, 1.54) is 48.5 Å². The second kappa shape index (κ2) is 11.1. The SMILES string of the molecule is O=C(NCC(c1cc2c(c(-c3ccc(F)cc3)n1)OCC2)C(F)(F)F)c1ccc(OCCO)c(OC2CC2)c1. The Labute approximate surface area is 221 Å². The van der Waals surface area contributed by atoms with Crippen LogP contribution in [-0.4, -0.2) is 54.6 Å². The molecule has 2 aliphatic rings. The minimum Gasteiger partial charge on any atom is -0.491 e. The molecule has 0 radical (unpaired) electrons. The van der Waals surface area contributed by atoms with Gasteiger partial charge in [-0.3, -0.25) is 4.79 Å². The van der Waals surface area contributed by atoms with Gasteiger partial charge in [0.15, 0.2) is 11.5 Å². The van der Waals surface area contributed by atoms with E-state index in [0.29, 0.717) is 35.7 Å². The summed E-state index contributed by atoms with van der Waals surface area (Å²) >= 11 is 0. The number of halogens is 4. The molecular formula is C28H26F4N2O5. The molecule has 0 bridgehead atoms. The molecular weight excluding hydrogens is 520 g/mol. The fourth-order valence-corrected chi connectivity index (χ4v) is 4.27. The average molecular weight is 547 g/mol. The smallest absolute Gasteiger partial charge is 0.398 e. The number of carbonyl (C=O) groups excluding carboxylic acids is 1. The Morgan fingerprint density at radius 2 is 1.90 bits per heavy atom. The van der Waals surface area contributed by atoms with Gasteiger partial charge in [0.2, 0.25) is 0 Å². The number of fused-ring (bicyclic) bond motifs is 1. The van der Waals surface area contributed by atoms with Gasteiger partial charge in [0, 0.05) is 29.7 Å². The second-order valence-electron chi connectivity index (χ2n) is 9.34. The lowest BCUT2D eigenvalue weighted by molar-refractivity contribution is -0.149. The molecule has 3 aromatic rings. The van der Waals surface area contributed by atoms with Gasteiger partial charge in [-0.05, 0) is 61.4 Å². The van der Waals surface area contributed by atoms with Crippen molar-refractivity contribution in [3.63, 3.8) is 0 Å². The number of amides is 1. The van der Waals surface area contributed by atoms with E-state index in [4.69, 9.17) is 19.3 Å². The third-order valence-electron chi connectivity index (χ3n) is 6.40. The van der Waals surface area contributed by atoms with Gasteiger partial charge >= 0.3 is 6.18 Å². The molecule has 1 aliphatic carbocycles. The monoisotopic (exact) mass is 546 g/mol. The quantitative estimate of drug-likeness (QED) is 0.355.